The van der Waals surface area contributed by atoms with Crippen molar-refractivity contribution in [3.63, 3.8) is 0 Å². The second-order valence-corrected chi connectivity index (χ2v) is 6.17. The van der Waals surface area contributed by atoms with Crippen LogP contribution in [0.4, 0.5) is 13.2 Å². The summed E-state index contributed by atoms with van der Waals surface area (Å²) in [4.78, 5) is 34.3. The molecule has 144 valence electrons. The number of carboxylic acids is 1. The zero-order valence-corrected chi connectivity index (χ0v) is 14.1. The van der Waals surface area contributed by atoms with Crippen molar-refractivity contribution in [2.45, 2.75) is 44.8 Å². The fourth-order valence-electron chi connectivity index (χ4n) is 2.90. The van der Waals surface area contributed by atoms with Gasteiger partial charge in [0.1, 0.15) is 0 Å². The van der Waals surface area contributed by atoms with Gasteiger partial charge in [0, 0.05) is 32.6 Å². The Hall–Kier alpha value is -1.84. The Morgan fingerprint density at radius 3 is 2.32 bits per heavy atom. The Kier molecular flexibility index (Phi) is 8.14. The highest BCUT2D eigenvalue weighted by Gasteiger charge is 2.38. The van der Waals surface area contributed by atoms with Gasteiger partial charge in [0.15, 0.2) is 0 Å². The van der Waals surface area contributed by atoms with Gasteiger partial charge in [0.2, 0.25) is 11.8 Å². The Labute approximate surface area is 143 Å². The molecule has 7 nitrogen and oxygen atoms in total. The number of carbonyl (C=O) groups excluding carboxylic acids is 2. The van der Waals surface area contributed by atoms with Crippen molar-refractivity contribution in [1.29, 1.82) is 0 Å². The van der Waals surface area contributed by atoms with Gasteiger partial charge >= 0.3 is 12.1 Å². The van der Waals surface area contributed by atoms with E-state index in [9.17, 15) is 22.8 Å². The van der Waals surface area contributed by atoms with Crippen LogP contribution in [0.1, 0.15) is 32.6 Å². The zero-order valence-electron chi connectivity index (χ0n) is 14.1. The van der Waals surface area contributed by atoms with E-state index >= 15 is 0 Å². The molecular formula is C15H24F3N3O4. The number of rotatable bonds is 2. The summed E-state index contributed by atoms with van der Waals surface area (Å²) in [5, 5.41) is 13.3. The number of halogens is 3. The molecule has 0 aromatic heterocycles. The van der Waals surface area contributed by atoms with Crippen LogP contribution in [0.2, 0.25) is 0 Å². The minimum atomic E-state index is -5.08. The lowest BCUT2D eigenvalue weighted by Gasteiger charge is -2.36. The number of piperidine rings is 2. The molecule has 2 aliphatic rings. The molecule has 0 saturated carbocycles. The van der Waals surface area contributed by atoms with Crippen LogP contribution >= 0.6 is 0 Å². The van der Waals surface area contributed by atoms with Crippen molar-refractivity contribution in [1.82, 2.24) is 15.5 Å². The summed E-state index contributed by atoms with van der Waals surface area (Å²) < 4.78 is 31.7. The Morgan fingerprint density at radius 2 is 1.84 bits per heavy atom. The Balaban J connectivity index is 0.000000381. The molecule has 0 spiro atoms. The number of amides is 2. The fourth-order valence-corrected chi connectivity index (χ4v) is 2.90. The topological polar surface area (TPSA) is 98.7 Å². The molecule has 2 aliphatic heterocycles. The van der Waals surface area contributed by atoms with Crippen LogP contribution in [-0.2, 0) is 14.4 Å². The summed E-state index contributed by atoms with van der Waals surface area (Å²) in [5.74, 6) is -2.37. The van der Waals surface area contributed by atoms with Crippen LogP contribution in [0.25, 0.3) is 0 Å². The molecule has 0 radical (unpaired) electrons. The van der Waals surface area contributed by atoms with Gasteiger partial charge < -0.3 is 20.6 Å². The molecule has 2 atom stereocenters. The van der Waals surface area contributed by atoms with Gasteiger partial charge in [-0.05, 0) is 32.2 Å². The quantitative estimate of drug-likeness (QED) is 0.669. The van der Waals surface area contributed by atoms with E-state index in [4.69, 9.17) is 9.90 Å². The minimum Gasteiger partial charge on any atom is -0.475 e. The second kappa shape index (κ2) is 9.59. The number of nitrogens with zero attached hydrogens (tertiary/aromatic N) is 1. The first-order valence-corrected chi connectivity index (χ1v) is 8.18. The molecule has 3 N–H and O–H groups in total. The number of carbonyl (C=O) groups is 3. The first kappa shape index (κ1) is 21.2. The summed E-state index contributed by atoms with van der Waals surface area (Å²) in [6.45, 7) is 4.88. The monoisotopic (exact) mass is 367 g/mol. The van der Waals surface area contributed by atoms with E-state index in [0.29, 0.717) is 6.54 Å². The standard InChI is InChI=1S/C13H23N3O2.C2HF3O2/c1-10(17)15-12-5-3-7-16(9-12)13(18)11-4-2-6-14-8-11;3-2(4,5)1(6)7/h11-12,14H,2-9H2,1H3,(H,15,17);(H,6,7). The molecule has 2 unspecified atom stereocenters. The van der Waals surface area contributed by atoms with Gasteiger partial charge in [0.05, 0.1) is 5.92 Å². The van der Waals surface area contributed by atoms with E-state index in [2.05, 4.69) is 10.6 Å². The normalized spacial score (nSPS) is 23.9. The first-order valence-electron chi connectivity index (χ1n) is 8.18. The molecule has 2 saturated heterocycles. The smallest absolute Gasteiger partial charge is 0.475 e. The van der Waals surface area contributed by atoms with Crippen LogP contribution in [0.15, 0.2) is 0 Å². The predicted octanol–water partition coefficient (Wildman–Crippen LogP) is 0.746. The van der Waals surface area contributed by atoms with E-state index in [1.54, 1.807) is 0 Å². The summed E-state index contributed by atoms with van der Waals surface area (Å²) >= 11 is 0. The number of likely N-dealkylation sites (tertiary alicyclic amines) is 1. The highest BCUT2D eigenvalue weighted by Crippen LogP contribution is 2.17. The van der Waals surface area contributed by atoms with Crippen molar-refractivity contribution in [3.05, 3.63) is 0 Å². The van der Waals surface area contributed by atoms with E-state index < -0.39 is 12.1 Å². The first-order chi connectivity index (χ1) is 11.6. The highest BCUT2D eigenvalue weighted by molar-refractivity contribution is 5.79. The van der Waals surface area contributed by atoms with Crippen LogP contribution in [0, 0.1) is 5.92 Å². The average molecular weight is 367 g/mol. The van der Waals surface area contributed by atoms with Crippen molar-refractivity contribution >= 4 is 17.8 Å². The number of alkyl halides is 3. The highest BCUT2D eigenvalue weighted by atomic mass is 19.4. The third-order valence-corrected chi connectivity index (χ3v) is 4.03. The van der Waals surface area contributed by atoms with E-state index in [1.165, 1.54) is 6.92 Å². The van der Waals surface area contributed by atoms with Gasteiger partial charge in [-0.25, -0.2) is 4.79 Å². The number of nitrogens with one attached hydrogen (secondary N) is 2. The fraction of sp³-hybridized carbons (Fsp3) is 0.800. The lowest BCUT2D eigenvalue weighted by molar-refractivity contribution is -0.192. The molecule has 0 aromatic carbocycles. The Bertz CT molecular complexity index is 479. The zero-order chi connectivity index (χ0) is 19.0. The summed E-state index contributed by atoms with van der Waals surface area (Å²) in [6.07, 6.45) is -1.05. The molecular weight excluding hydrogens is 343 g/mol. The molecule has 2 heterocycles. The van der Waals surface area contributed by atoms with Crippen LogP contribution in [0.5, 0.6) is 0 Å². The Morgan fingerprint density at radius 1 is 1.20 bits per heavy atom. The molecule has 0 aliphatic carbocycles. The van der Waals surface area contributed by atoms with Gasteiger partial charge in [-0.1, -0.05) is 0 Å². The molecule has 0 bridgehead atoms. The maximum Gasteiger partial charge on any atom is 0.490 e. The third kappa shape index (κ3) is 7.72. The summed E-state index contributed by atoms with van der Waals surface area (Å²) in [5.41, 5.74) is 0. The van der Waals surface area contributed by atoms with Gasteiger partial charge in [-0.2, -0.15) is 13.2 Å². The maximum atomic E-state index is 12.4. The summed E-state index contributed by atoms with van der Waals surface area (Å²) in [7, 11) is 0. The SMILES string of the molecule is CC(=O)NC1CCCN(C(=O)C2CCCNC2)C1.O=C(O)C(F)(F)F. The van der Waals surface area contributed by atoms with Crippen LogP contribution in [-0.4, -0.2) is 66.2 Å². The molecule has 2 fully saturated rings. The van der Waals surface area contributed by atoms with Crippen LogP contribution < -0.4 is 10.6 Å². The van der Waals surface area contributed by atoms with E-state index in [1.807, 2.05) is 4.90 Å². The van der Waals surface area contributed by atoms with Crippen molar-refractivity contribution in [3.8, 4) is 0 Å². The molecule has 2 amide bonds. The van der Waals surface area contributed by atoms with E-state index in [0.717, 1.165) is 45.3 Å². The largest absolute Gasteiger partial charge is 0.490 e. The van der Waals surface area contributed by atoms with Gasteiger partial charge in [0.25, 0.3) is 0 Å². The van der Waals surface area contributed by atoms with Crippen LogP contribution in [0.3, 0.4) is 0 Å². The van der Waals surface area contributed by atoms with Crippen molar-refractivity contribution in [2.24, 2.45) is 5.92 Å². The lowest BCUT2D eigenvalue weighted by atomic mass is 9.96. The predicted molar refractivity (Wildman–Crippen MR) is 82.7 cm³/mol. The molecule has 25 heavy (non-hydrogen) atoms. The summed E-state index contributed by atoms with van der Waals surface area (Å²) in [6, 6.07) is 0.136. The van der Waals surface area contributed by atoms with Gasteiger partial charge in [-0.3, -0.25) is 9.59 Å². The lowest BCUT2D eigenvalue weighted by Crippen LogP contribution is -2.52. The van der Waals surface area contributed by atoms with Crippen molar-refractivity contribution in [2.75, 3.05) is 26.2 Å². The second-order valence-electron chi connectivity index (χ2n) is 6.17. The van der Waals surface area contributed by atoms with Gasteiger partial charge in [-0.15, -0.1) is 0 Å². The van der Waals surface area contributed by atoms with Crippen molar-refractivity contribution < 1.29 is 32.7 Å². The average Bonchev–Trinajstić information content (AvgIpc) is 2.54. The molecule has 2 rings (SSSR count). The molecule has 10 heteroatoms. The number of hydrogen-bond donors (Lipinski definition) is 3. The van der Waals surface area contributed by atoms with E-state index in [-0.39, 0.29) is 23.8 Å². The number of aliphatic carboxylic acids is 1. The molecule has 0 aromatic rings. The maximum absolute atomic E-state index is 12.4. The third-order valence-electron chi connectivity index (χ3n) is 4.03. The number of hydrogen-bond acceptors (Lipinski definition) is 4. The minimum absolute atomic E-state index is 0.00590. The number of carboxylic acid groups (broad SMARTS) is 1.